The summed E-state index contributed by atoms with van der Waals surface area (Å²) < 4.78 is 5.52. The van der Waals surface area contributed by atoms with Crippen LogP contribution >= 0.6 is 11.6 Å². The highest BCUT2D eigenvalue weighted by Gasteiger charge is 2.22. The van der Waals surface area contributed by atoms with Gasteiger partial charge in [0.1, 0.15) is 6.61 Å². The van der Waals surface area contributed by atoms with E-state index in [2.05, 4.69) is 28.7 Å². The number of halogens is 1. The third kappa shape index (κ3) is 3.32. The van der Waals surface area contributed by atoms with E-state index in [1.165, 1.54) is 6.20 Å². The molecule has 0 amide bonds. The highest BCUT2D eigenvalue weighted by Crippen LogP contribution is 2.19. The lowest BCUT2D eigenvalue weighted by atomic mass is 10.1. The Labute approximate surface area is 95.2 Å². The minimum Gasteiger partial charge on any atom is -0.474 e. The van der Waals surface area contributed by atoms with Crippen molar-refractivity contribution in [1.29, 1.82) is 0 Å². The number of aromatic nitrogens is 2. The average molecular weight is 230 g/mol. The molecule has 0 radical (unpaired) electrons. The maximum Gasteiger partial charge on any atom is 0.252 e. The molecule has 15 heavy (non-hydrogen) atoms. The van der Waals surface area contributed by atoms with Crippen LogP contribution in [-0.2, 0) is 0 Å². The Morgan fingerprint density at radius 1 is 1.33 bits per heavy atom. The van der Waals surface area contributed by atoms with Crippen LogP contribution in [0.4, 0.5) is 0 Å². The van der Waals surface area contributed by atoms with Gasteiger partial charge in [-0.2, -0.15) is 0 Å². The fraction of sp³-hybridized carbons (Fsp3) is 0.600. The Balaban J connectivity index is 2.62. The highest BCUT2D eigenvalue weighted by atomic mass is 35.5. The van der Waals surface area contributed by atoms with Crippen molar-refractivity contribution in [3.63, 3.8) is 0 Å². The summed E-state index contributed by atoms with van der Waals surface area (Å²) in [7, 11) is 4.00. The van der Waals surface area contributed by atoms with E-state index in [0.29, 0.717) is 17.6 Å². The maximum absolute atomic E-state index is 5.82. The molecule has 0 atom stereocenters. The van der Waals surface area contributed by atoms with Gasteiger partial charge in [-0.15, -0.1) is 0 Å². The van der Waals surface area contributed by atoms with Gasteiger partial charge in [-0.05, 0) is 27.9 Å². The molecule has 0 bridgehead atoms. The zero-order valence-electron chi connectivity index (χ0n) is 9.49. The standard InChI is InChI=1S/C10H16ClN3O/c1-10(2,14(3)4)7-15-9-8(11)12-5-6-13-9/h5-6H,7H2,1-4H3. The van der Waals surface area contributed by atoms with Crippen LogP contribution in [0.3, 0.4) is 0 Å². The predicted octanol–water partition coefficient (Wildman–Crippen LogP) is 1.85. The molecule has 0 N–H and O–H groups in total. The van der Waals surface area contributed by atoms with Crippen molar-refractivity contribution in [2.24, 2.45) is 0 Å². The van der Waals surface area contributed by atoms with E-state index >= 15 is 0 Å². The summed E-state index contributed by atoms with van der Waals surface area (Å²) in [5.74, 6) is 0.383. The van der Waals surface area contributed by atoms with E-state index in [-0.39, 0.29) is 5.54 Å². The Morgan fingerprint density at radius 2 is 1.93 bits per heavy atom. The Kier molecular flexibility index (Phi) is 3.88. The largest absolute Gasteiger partial charge is 0.474 e. The van der Waals surface area contributed by atoms with E-state index in [4.69, 9.17) is 16.3 Å². The molecule has 0 fully saturated rings. The fourth-order valence-electron chi connectivity index (χ4n) is 0.779. The van der Waals surface area contributed by atoms with Crippen LogP contribution in [0, 0.1) is 0 Å². The number of likely N-dealkylation sites (N-methyl/N-ethyl adjacent to an activating group) is 1. The van der Waals surface area contributed by atoms with Gasteiger partial charge < -0.3 is 9.64 Å². The molecule has 0 aromatic carbocycles. The lowest BCUT2D eigenvalue weighted by molar-refractivity contribution is 0.111. The predicted molar refractivity (Wildman–Crippen MR) is 60.3 cm³/mol. The van der Waals surface area contributed by atoms with Crippen LogP contribution in [0.5, 0.6) is 5.88 Å². The van der Waals surface area contributed by atoms with Gasteiger partial charge in [-0.3, -0.25) is 0 Å². The van der Waals surface area contributed by atoms with E-state index in [1.54, 1.807) is 6.20 Å². The molecule has 5 heteroatoms. The van der Waals surface area contributed by atoms with Crippen molar-refractivity contribution < 1.29 is 4.74 Å². The highest BCUT2D eigenvalue weighted by molar-refractivity contribution is 6.30. The van der Waals surface area contributed by atoms with Crippen LogP contribution in [0.2, 0.25) is 5.15 Å². The molecular formula is C10H16ClN3O. The first-order valence-electron chi connectivity index (χ1n) is 4.70. The minimum absolute atomic E-state index is 0.0686. The summed E-state index contributed by atoms with van der Waals surface area (Å²) in [6, 6.07) is 0. The lowest BCUT2D eigenvalue weighted by Gasteiger charge is -2.31. The van der Waals surface area contributed by atoms with Gasteiger partial charge in [0.15, 0.2) is 5.15 Å². The Hall–Kier alpha value is -0.870. The number of nitrogens with zero attached hydrogens (tertiary/aromatic N) is 3. The van der Waals surface area contributed by atoms with Crippen LogP contribution in [0.15, 0.2) is 12.4 Å². The molecule has 0 saturated heterocycles. The second kappa shape index (κ2) is 4.77. The lowest BCUT2D eigenvalue weighted by Crippen LogP contribution is -2.43. The quantitative estimate of drug-likeness (QED) is 0.790. The summed E-state index contributed by atoms with van der Waals surface area (Å²) >= 11 is 5.82. The first-order valence-corrected chi connectivity index (χ1v) is 5.08. The van der Waals surface area contributed by atoms with E-state index in [1.807, 2.05) is 14.1 Å². The normalized spacial score (nSPS) is 11.9. The summed E-state index contributed by atoms with van der Waals surface area (Å²) in [6.45, 7) is 4.67. The van der Waals surface area contributed by atoms with Gasteiger partial charge in [0.2, 0.25) is 0 Å². The molecular weight excluding hydrogens is 214 g/mol. The first kappa shape index (κ1) is 12.2. The number of ether oxygens (including phenoxy) is 1. The molecule has 4 nitrogen and oxygen atoms in total. The Morgan fingerprint density at radius 3 is 2.47 bits per heavy atom. The molecule has 0 spiro atoms. The third-order valence-electron chi connectivity index (χ3n) is 2.40. The molecule has 0 aliphatic rings. The van der Waals surface area contributed by atoms with Crippen molar-refractivity contribution in [3.8, 4) is 5.88 Å². The monoisotopic (exact) mass is 229 g/mol. The fourth-order valence-corrected chi connectivity index (χ4v) is 0.939. The van der Waals surface area contributed by atoms with Gasteiger partial charge in [0.05, 0.1) is 0 Å². The second-order valence-electron chi connectivity index (χ2n) is 4.15. The van der Waals surface area contributed by atoms with E-state index < -0.39 is 0 Å². The van der Waals surface area contributed by atoms with Crippen molar-refractivity contribution in [1.82, 2.24) is 14.9 Å². The molecule has 1 heterocycles. The molecule has 1 rings (SSSR count). The SMILES string of the molecule is CN(C)C(C)(C)COc1nccnc1Cl. The topological polar surface area (TPSA) is 38.2 Å². The van der Waals surface area contributed by atoms with Gasteiger partial charge in [0, 0.05) is 17.9 Å². The van der Waals surface area contributed by atoms with Gasteiger partial charge in [-0.1, -0.05) is 11.6 Å². The van der Waals surface area contributed by atoms with Crippen molar-refractivity contribution in [2.45, 2.75) is 19.4 Å². The van der Waals surface area contributed by atoms with E-state index in [9.17, 15) is 0 Å². The zero-order chi connectivity index (χ0) is 11.5. The number of hydrogen-bond acceptors (Lipinski definition) is 4. The van der Waals surface area contributed by atoms with Gasteiger partial charge in [0.25, 0.3) is 5.88 Å². The minimum atomic E-state index is -0.0686. The second-order valence-corrected chi connectivity index (χ2v) is 4.51. The smallest absolute Gasteiger partial charge is 0.252 e. The zero-order valence-corrected chi connectivity index (χ0v) is 10.2. The molecule has 1 aromatic rings. The molecule has 1 aromatic heterocycles. The summed E-state index contributed by atoms with van der Waals surface area (Å²) in [5.41, 5.74) is -0.0686. The number of rotatable bonds is 4. The summed E-state index contributed by atoms with van der Waals surface area (Å²) in [6.07, 6.45) is 3.09. The molecule has 0 aliphatic heterocycles. The van der Waals surface area contributed by atoms with Crippen molar-refractivity contribution >= 4 is 11.6 Å². The van der Waals surface area contributed by atoms with Gasteiger partial charge >= 0.3 is 0 Å². The maximum atomic E-state index is 5.82. The van der Waals surface area contributed by atoms with E-state index in [0.717, 1.165) is 0 Å². The van der Waals surface area contributed by atoms with Crippen LogP contribution < -0.4 is 4.74 Å². The molecule has 0 unspecified atom stereocenters. The molecule has 84 valence electrons. The first-order chi connectivity index (χ1) is 6.93. The summed E-state index contributed by atoms with van der Waals surface area (Å²) in [4.78, 5) is 9.98. The van der Waals surface area contributed by atoms with Gasteiger partial charge in [-0.25, -0.2) is 9.97 Å². The number of hydrogen-bond donors (Lipinski definition) is 0. The average Bonchev–Trinajstić information content (AvgIpc) is 2.16. The van der Waals surface area contributed by atoms with Crippen molar-refractivity contribution in [3.05, 3.63) is 17.5 Å². The van der Waals surface area contributed by atoms with Crippen LogP contribution in [0.1, 0.15) is 13.8 Å². The Bertz CT molecular complexity index is 328. The summed E-state index contributed by atoms with van der Waals surface area (Å²) in [5, 5.41) is 0.298. The van der Waals surface area contributed by atoms with Crippen molar-refractivity contribution in [2.75, 3.05) is 20.7 Å². The molecule has 0 saturated carbocycles. The third-order valence-corrected chi connectivity index (χ3v) is 2.65. The van der Waals surface area contributed by atoms with Crippen LogP contribution in [-0.4, -0.2) is 41.1 Å². The van der Waals surface area contributed by atoms with Crippen LogP contribution in [0.25, 0.3) is 0 Å². The molecule has 0 aliphatic carbocycles.